The molecular formula is C8HF14NO3. The first kappa shape index (κ1) is 22.5. The van der Waals surface area contributed by atoms with E-state index >= 15 is 0 Å². The molecule has 0 spiro atoms. The second kappa shape index (κ2) is 5.23. The SMILES string of the molecule is O=C(O)C(F)(F)C(F)(F)C(F)(F)N1C(F)(F)C(F)(F)OC(F)(F)C1(F)F. The zero-order valence-corrected chi connectivity index (χ0v) is 11.0. The van der Waals surface area contributed by atoms with E-state index in [0.717, 1.165) is 0 Å². The number of carboxylic acids is 1. The number of carbonyl (C=O) groups is 1. The fourth-order valence-electron chi connectivity index (χ4n) is 1.54. The number of hydrogen-bond acceptors (Lipinski definition) is 3. The van der Waals surface area contributed by atoms with E-state index in [2.05, 4.69) is 0 Å². The van der Waals surface area contributed by atoms with E-state index in [-0.39, 0.29) is 0 Å². The summed E-state index contributed by atoms with van der Waals surface area (Å²) in [5, 5.41) is 7.73. The Hall–Kier alpha value is -1.59. The maximum absolute atomic E-state index is 13.4. The van der Waals surface area contributed by atoms with Gasteiger partial charge in [-0.15, -0.1) is 0 Å². The van der Waals surface area contributed by atoms with Crippen molar-refractivity contribution in [3.8, 4) is 0 Å². The maximum atomic E-state index is 13.4. The van der Waals surface area contributed by atoms with Gasteiger partial charge in [-0.2, -0.15) is 61.5 Å². The minimum absolute atomic E-state index is 1.67. The number of aliphatic carboxylic acids is 1. The highest BCUT2D eigenvalue weighted by molar-refractivity contribution is 5.77. The average Bonchev–Trinajstić information content (AvgIpc) is 2.33. The molecule has 18 heteroatoms. The molecule has 4 nitrogen and oxygen atoms in total. The minimum atomic E-state index is -7.96. The molecule has 0 unspecified atom stereocenters. The molecule has 1 rings (SSSR count). The van der Waals surface area contributed by atoms with Crippen molar-refractivity contribution in [2.75, 3.05) is 0 Å². The van der Waals surface area contributed by atoms with Crippen molar-refractivity contribution >= 4 is 5.97 Å². The molecule has 0 amide bonds. The van der Waals surface area contributed by atoms with Gasteiger partial charge in [0, 0.05) is 0 Å². The van der Waals surface area contributed by atoms with Gasteiger partial charge in [0.25, 0.3) is 0 Å². The van der Waals surface area contributed by atoms with Crippen molar-refractivity contribution < 1.29 is 76.1 Å². The lowest BCUT2D eigenvalue weighted by molar-refractivity contribution is -0.595. The van der Waals surface area contributed by atoms with Crippen LogP contribution in [0.3, 0.4) is 0 Å². The highest BCUT2D eigenvalue weighted by atomic mass is 19.4. The summed E-state index contributed by atoms with van der Waals surface area (Å²) in [5.41, 5.74) is 0. The summed E-state index contributed by atoms with van der Waals surface area (Å²) < 4.78 is 183. The number of alkyl halides is 14. The molecule has 154 valence electrons. The zero-order valence-electron chi connectivity index (χ0n) is 11.0. The predicted octanol–water partition coefficient (Wildman–Crippen LogP) is 3.64. The van der Waals surface area contributed by atoms with Gasteiger partial charge in [0.05, 0.1) is 0 Å². The molecule has 0 bridgehead atoms. The van der Waals surface area contributed by atoms with Crippen LogP contribution in [-0.4, -0.2) is 58.2 Å². The quantitative estimate of drug-likeness (QED) is 0.553. The number of rotatable bonds is 4. The van der Waals surface area contributed by atoms with Gasteiger partial charge in [0.2, 0.25) is 0 Å². The highest BCUT2D eigenvalue weighted by Gasteiger charge is 2.92. The summed E-state index contributed by atoms with van der Waals surface area (Å²) in [6, 6.07) is -22.8. The first-order chi connectivity index (χ1) is 11.0. The first-order valence-corrected chi connectivity index (χ1v) is 5.40. The van der Waals surface area contributed by atoms with Crippen LogP contribution in [0.25, 0.3) is 0 Å². The minimum Gasteiger partial charge on any atom is -0.477 e. The van der Waals surface area contributed by atoms with Crippen molar-refractivity contribution in [2.24, 2.45) is 0 Å². The molecule has 0 atom stereocenters. The number of carboxylic acid groups (broad SMARTS) is 1. The molecule has 0 aliphatic carbocycles. The van der Waals surface area contributed by atoms with Crippen LogP contribution in [0.2, 0.25) is 0 Å². The monoisotopic (exact) mass is 425 g/mol. The normalized spacial score (nSPS) is 25.8. The Morgan fingerprint density at radius 1 is 0.769 bits per heavy atom. The van der Waals surface area contributed by atoms with Gasteiger partial charge in [-0.05, 0) is 0 Å². The summed E-state index contributed by atoms with van der Waals surface area (Å²) in [6.07, 6.45) is -14.0. The van der Waals surface area contributed by atoms with Gasteiger partial charge >= 0.3 is 48.2 Å². The molecule has 1 aliphatic heterocycles. The Balaban J connectivity index is 3.78. The van der Waals surface area contributed by atoms with Crippen LogP contribution < -0.4 is 0 Å². The smallest absolute Gasteiger partial charge is 0.439 e. The lowest BCUT2D eigenvalue weighted by Gasteiger charge is -2.50. The summed E-state index contributed by atoms with van der Waals surface area (Å²) >= 11 is 0. The largest absolute Gasteiger partial charge is 0.477 e. The highest BCUT2D eigenvalue weighted by Crippen LogP contribution is 2.62. The van der Waals surface area contributed by atoms with Crippen LogP contribution in [-0.2, 0) is 9.53 Å². The molecule has 0 radical (unpaired) electrons. The molecule has 1 heterocycles. The number of hydrogen-bond donors (Lipinski definition) is 1. The van der Waals surface area contributed by atoms with Gasteiger partial charge in [-0.3, -0.25) is 0 Å². The third-order valence-electron chi connectivity index (χ3n) is 2.84. The van der Waals surface area contributed by atoms with Gasteiger partial charge in [0.15, 0.2) is 0 Å². The van der Waals surface area contributed by atoms with Gasteiger partial charge < -0.3 is 5.11 Å². The molecule has 1 saturated heterocycles. The molecule has 26 heavy (non-hydrogen) atoms. The zero-order chi connectivity index (χ0) is 21.4. The number of nitrogens with zero attached hydrogens (tertiary/aromatic N) is 1. The standard InChI is InChI=1S/C8HF14NO3/c9-2(10,1(24)25)3(11,12)4(13,14)23-5(15,16)7(19,20)26-8(21,22)6(23,17)18/h(H,24,25). The Morgan fingerprint density at radius 3 is 1.35 bits per heavy atom. The van der Waals surface area contributed by atoms with E-state index in [9.17, 15) is 66.3 Å². The van der Waals surface area contributed by atoms with Crippen molar-refractivity contribution in [2.45, 2.75) is 42.2 Å². The van der Waals surface area contributed by atoms with Crippen LogP contribution in [0.15, 0.2) is 0 Å². The van der Waals surface area contributed by atoms with Crippen molar-refractivity contribution in [3.63, 3.8) is 0 Å². The Morgan fingerprint density at radius 2 is 1.08 bits per heavy atom. The van der Waals surface area contributed by atoms with E-state index in [4.69, 9.17) is 5.11 Å². The molecule has 1 aliphatic rings. The van der Waals surface area contributed by atoms with E-state index < -0.39 is 53.1 Å². The Labute approximate surface area is 130 Å². The summed E-state index contributed by atoms with van der Waals surface area (Å²) in [6.45, 7) is 0. The van der Waals surface area contributed by atoms with Crippen LogP contribution >= 0.6 is 0 Å². The number of halogens is 14. The third kappa shape index (κ3) is 2.48. The lowest BCUT2D eigenvalue weighted by atomic mass is 10.1. The van der Waals surface area contributed by atoms with Crippen LogP contribution in [0, 0.1) is 0 Å². The van der Waals surface area contributed by atoms with Gasteiger partial charge in [0.1, 0.15) is 0 Å². The Kier molecular flexibility index (Phi) is 4.52. The first-order valence-electron chi connectivity index (χ1n) is 5.40. The topological polar surface area (TPSA) is 49.8 Å². The molecule has 1 N–H and O–H groups in total. The molecule has 0 aromatic heterocycles. The van der Waals surface area contributed by atoms with Crippen LogP contribution in [0.1, 0.15) is 0 Å². The molecule has 1 fully saturated rings. The van der Waals surface area contributed by atoms with E-state index in [0.29, 0.717) is 0 Å². The summed E-state index contributed by atoms with van der Waals surface area (Å²) in [5.74, 6) is -19.1. The third-order valence-corrected chi connectivity index (χ3v) is 2.84. The molecule has 0 aromatic rings. The molecular weight excluding hydrogens is 424 g/mol. The lowest BCUT2D eigenvalue weighted by Crippen LogP contribution is -2.81. The average molecular weight is 425 g/mol. The van der Waals surface area contributed by atoms with Crippen molar-refractivity contribution in [1.29, 1.82) is 0 Å². The predicted molar refractivity (Wildman–Crippen MR) is 45.2 cm³/mol. The van der Waals surface area contributed by atoms with Crippen molar-refractivity contribution in [3.05, 3.63) is 0 Å². The van der Waals surface area contributed by atoms with Crippen LogP contribution in [0.4, 0.5) is 61.5 Å². The van der Waals surface area contributed by atoms with Gasteiger partial charge in [-0.1, -0.05) is 4.90 Å². The number of morpholine rings is 1. The van der Waals surface area contributed by atoms with Crippen molar-refractivity contribution in [1.82, 2.24) is 4.90 Å². The summed E-state index contributed by atoms with van der Waals surface area (Å²) in [7, 11) is 0. The van der Waals surface area contributed by atoms with E-state index in [1.165, 1.54) is 0 Å². The fraction of sp³-hybridized carbons (Fsp3) is 0.875. The van der Waals surface area contributed by atoms with E-state index in [1.807, 2.05) is 0 Å². The molecule has 0 saturated carbocycles. The van der Waals surface area contributed by atoms with Gasteiger partial charge in [-0.25, -0.2) is 9.53 Å². The van der Waals surface area contributed by atoms with Crippen LogP contribution in [0.5, 0.6) is 0 Å². The number of ether oxygens (including phenoxy) is 1. The second-order valence-corrected chi connectivity index (χ2v) is 4.55. The fourth-order valence-corrected chi connectivity index (χ4v) is 1.54. The maximum Gasteiger partial charge on any atom is 0.439 e. The summed E-state index contributed by atoms with van der Waals surface area (Å²) in [4.78, 5) is 5.70. The van der Waals surface area contributed by atoms with E-state index in [1.54, 1.807) is 4.74 Å². The Bertz CT molecular complexity index is 575. The second-order valence-electron chi connectivity index (χ2n) is 4.55. The molecule has 0 aromatic carbocycles.